The van der Waals surface area contributed by atoms with Crippen LogP contribution in [-0.4, -0.2) is 46.4 Å². The molecule has 0 spiro atoms. The Kier molecular flexibility index (Phi) is 8.96. The lowest BCUT2D eigenvalue weighted by atomic mass is 10.3. The molecule has 0 atom stereocenters. The van der Waals surface area contributed by atoms with Crippen molar-refractivity contribution < 1.29 is 22.0 Å². The van der Waals surface area contributed by atoms with E-state index in [1.54, 1.807) is 6.26 Å². The van der Waals surface area contributed by atoms with Crippen molar-refractivity contribution in [3.05, 3.63) is 54.2 Å². The van der Waals surface area contributed by atoms with Gasteiger partial charge in [-0.2, -0.15) is 0 Å². The van der Waals surface area contributed by atoms with Gasteiger partial charge in [0.25, 0.3) is 0 Å². The van der Waals surface area contributed by atoms with Gasteiger partial charge < -0.3 is 19.8 Å². The van der Waals surface area contributed by atoms with E-state index in [4.69, 9.17) is 9.15 Å². The highest BCUT2D eigenvalue weighted by Crippen LogP contribution is 2.14. The quantitative estimate of drug-likeness (QED) is 0.335. The first-order valence-electron chi connectivity index (χ1n) is 9.12. The third-order valence-corrected chi connectivity index (χ3v) is 5.46. The van der Waals surface area contributed by atoms with Crippen LogP contribution >= 0.6 is 0 Å². The second-order valence-corrected chi connectivity index (χ2v) is 8.00. The molecule has 0 fully saturated rings. The summed E-state index contributed by atoms with van der Waals surface area (Å²) in [5.41, 5.74) is 0. The van der Waals surface area contributed by atoms with Crippen LogP contribution in [0.4, 0.5) is 4.39 Å². The number of rotatable bonds is 11. The van der Waals surface area contributed by atoms with Crippen molar-refractivity contribution in [1.29, 1.82) is 0 Å². The van der Waals surface area contributed by atoms with Gasteiger partial charge in [-0.05, 0) is 37.6 Å². The van der Waals surface area contributed by atoms with E-state index in [1.807, 2.05) is 19.1 Å². The van der Waals surface area contributed by atoms with Gasteiger partial charge in [-0.15, -0.1) is 0 Å². The Balaban J connectivity index is 1.73. The monoisotopic (exact) mass is 411 g/mol. The minimum Gasteiger partial charge on any atom is -0.467 e. The van der Waals surface area contributed by atoms with Crippen LogP contribution in [0.25, 0.3) is 0 Å². The van der Waals surface area contributed by atoms with Crippen LogP contribution < -0.4 is 10.6 Å². The number of hydrogen-bond acceptors (Lipinski definition) is 5. The lowest BCUT2D eigenvalue weighted by Crippen LogP contribution is -2.39. The van der Waals surface area contributed by atoms with Crippen molar-refractivity contribution in [3.63, 3.8) is 0 Å². The van der Waals surface area contributed by atoms with Gasteiger partial charge >= 0.3 is 0 Å². The number of nitrogens with zero attached hydrogens (tertiary/aromatic N) is 1. The summed E-state index contributed by atoms with van der Waals surface area (Å²) in [4.78, 5) is 4.10. The molecule has 0 radical (unpaired) electrons. The van der Waals surface area contributed by atoms with Crippen LogP contribution in [0.5, 0.6) is 0 Å². The van der Waals surface area contributed by atoms with E-state index in [1.165, 1.54) is 18.2 Å². The van der Waals surface area contributed by atoms with Gasteiger partial charge in [0.2, 0.25) is 0 Å². The molecule has 2 N–H and O–H groups in total. The lowest BCUT2D eigenvalue weighted by molar-refractivity contribution is 0.105. The van der Waals surface area contributed by atoms with Gasteiger partial charge in [0.15, 0.2) is 15.8 Å². The molecule has 2 aromatic rings. The molecule has 7 nitrogen and oxygen atoms in total. The molecule has 0 saturated carbocycles. The topological polar surface area (TPSA) is 92.9 Å². The third-order valence-electron chi connectivity index (χ3n) is 3.72. The minimum absolute atomic E-state index is 0.123. The number of hydrogen-bond donors (Lipinski definition) is 2. The van der Waals surface area contributed by atoms with Crippen LogP contribution in [0.15, 0.2) is 57.0 Å². The number of halogens is 1. The summed E-state index contributed by atoms with van der Waals surface area (Å²) < 4.78 is 48.9. The van der Waals surface area contributed by atoms with Crippen LogP contribution in [0.2, 0.25) is 0 Å². The zero-order valence-electron chi connectivity index (χ0n) is 15.9. The number of aliphatic imine (C=N–C) groups is 1. The van der Waals surface area contributed by atoms with Crippen molar-refractivity contribution in [3.8, 4) is 0 Å². The maximum Gasteiger partial charge on any atom is 0.191 e. The second-order valence-electron chi connectivity index (χ2n) is 5.92. The highest BCUT2D eigenvalue weighted by molar-refractivity contribution is 7.91. The molecule has 0 aliphatic heterocycles. The van der Waals surface area contributed by atoms with E-state index >= 15 is 0 Å². The Hall–Kier alpha value is -2.39. The summed E-state index contributed by atoms with van der Waals surface area (Å²) in [6, 6.07) is 9.03. The summed E-state index contributed by atoms with van der Waals surface area (Å²) in [7, 11) is -3.70. The van der Waals surface area contributed by atoms with Gasteiger partial charge in [-0.1, -0.05) is 12.1 Å². The van der Waals surface area contributed by atoms with Crippen molar-refractivity contribution in [2.24, 2.45) is 4.99 Å². The normalized spacial score (nSPS) is 12.1. The number of ether oxygens (including phenoxy) is 1. The Bertz CT molecular complexity index is 839. The fraction of sp³-hybridized carbons (Fsp3) is 0.421. The molecule has 0 aliphatic carbocycles. The molecule has 154 valence electrons. The Morgan fingerprint density at radius 3 is 2.75 bits per heavy atom. The van der Waals surface area contributed by atoms with E-state index in [-0.39, 0.29) is 17.2 Å². The number of benzene rings is 1. The van der Waals surface area contributed by atoms with Crippen molar-refractivity contribution in [2.75, 3.05) is 32.0 Å². The molecule has 2 rings (SSSR count). The number of guanidine groups is 1. The smallest absolute Gasteiger partial charge is 0.191 e. The molecule has 0 saturated heterocycles. The molecular weight excluding hydrogens is 385 g/mol. The van der Waals surface area contributed by atoms with Crippen LogP contribution in [0.1, 0.15) is 19.1 Å². The summed E-state index contributed by atoms with van der Waals surface area (Å²) in [5.74, 6) is 0.314. The first-order chi connectivity index (χ1) is 13.5. The molecule has 1 heterocycles. The summed E-state index contributed by atoms with van der Waals surface area (Å²) in [5, 5.41) is 6.01. The SMILES string of the molecule is CCNC(=NCCCOCc1ccco1)NCCS(=O)(=O)c1ccccc1F. The number of sulfone groups is 1. The van der Waals surface area contributed by atoms with Crippen LogP contribution in [-0.2, 0) is 21.2 Å². The minimum atomic E-state index is -3.70. The van der Waals surface area contributed by atoms with Gasteiger partial charge in [0.1, 0.15) is 23.1 Å². The first-order valence-corrected chi connectivity index (χ1v) is 10.8. The average molecular weight is 411 g/mol. The predicted molar refractivity (Wildman–Crippen MR) is 105 cm³/mol. The van der Waals surface area contributed by atoms with E-state index in [0.29, 0.717) is 38.7 Å². The highest BCUT2D eigenvalue weighted by atomic mass is 32.2. The van der Waals surface area contributed by atoms with E-state index in [0.717, 1.165) is 11.8 Å². The molecule has 0 bridgehead atoms. The summed E-state index contributed by atoms with van der Waals surface area (Å²) in [6.07, 6.45) is 2.31. The Morgan fingerprint density at radius 1 is 1.21 bits per heavy atom. The predicted octanol–water partition coefficient (Wildman–Crippen LogP) is 2.35. The highest BCUT2D eigenvalue weighted by Gasteiger charge is 2.18. The molecule has 0 aliphatic rings. The van der Waals surface area contributed by atoms with Crippen LogP contribution in [0, 0.1) is 5.82 Å². The molecular formula is C19H26FN3O4S. The maximum absolute atomic E-state index is 13.7. The molecule has 1 aromatic heterocycles. The Labute approximate surface area is 164 Å². The Morgan fingerprint density at radius 2 is 2.04 bits per heavy atom. The fourth-order valence-corrected chi connectivity index (χ4v) is 3.62. The summed E-state index contributed by atoms with van der Waals surface area (Å²) >= 11 is 0. The largest absolute Gasteiger partial charge is 0.467 e. The van der Waals surface area contributed by atoms with Crippen molar-refractivity contribution >= 4 is 15.8 Å². The molecule has 1 aromatic carbocycles. The van der Waals surface area contributed by atoms with E-state index in [2.05, 4.69) is 15.6 Å². The second kappa shape index (κ2) is 11.5. The lowest BCUT2D eigenvalue weighted by Gasteiger charge is -2.12. The van der Waals surface area contributed by atoms with Gasteiger partial charge in [0.05, 0.1) is 12.0 Å². The van der Waals surface area contributed by atoms with Gasteiger partial charge in [-0.3, -0.25) is 4.99 Å². The zero-order valence-corrected chi connectivity index (χ0v) is 16.7. The summed E-state index contributed by atoms with van der Waals surface area (Å²) in [6.45, 7) is 4.15. The average Bonchev–Trinajstić information content (AvgIpc) is 3.18. The van der Waals surface area contributed by atoms with Crippen molar-refractivity contribution in [2.45, 2.75) is 24.8 Å². The van der Waals surface area contributed by atoms with Gasteiger partial charge in [0, 0.05) is 26.2 Å². The van der Waals surface area contributed by atoms with E-state index < -0.39 is 15.7 Å². The van der Waals surface area contributed by atoms with E-state index in [9.17, 15) is 12.8 Å². The number of furan rings is 1. The zero-order chi connectivity index (χ0) is 20.2. The van der Waals surface area contributed by atoms with Crippen molar-refractivity contribution in [1.82, 2.24) is 10.6 Å². The molecule has 9 heteroatoms. The maximum atomic E-state index is 13.7. The fourth-order valence-electron chi connectivity index (χ4n) is 2.38. The molecule has 28 heavy (non-hydrogen) atoms. The number of nitrogens with one attached hydrogen (secondary N) is 2. The standard InChI is InChI=1S/C19H26FN3O4S/c1-2-21-19(22-10-6-12-26-15-16-7-5-13-27-16)23-11-14-28(24,25)18-9-4-3-8-17(18)20/h3-5,7-9,13H,2,6,10-12,14-15H2,1H3,(H2,21,22,23). The van der Waals surface area contributed by atoms with Gasteiger partial charge in [-0.25, -0.2) is 12.8 Å². The molecule has 0 unspecified atom stereocenters. The first kappa shape index (κ1) is 21.9. The third kappa shape index (κ3) is 7.32. The van der Waals surface area contributed by atoms with Crippen LogP contribution in [0.3, 0.4) is 0 Å². The molecule has 0 amide bonds.